The summed E-state index contributed by atoms with van der Waals surface area (Å²) in [5.74, 6) is 0. The largest absolute Gasteiger partial charge is 0.416 e. The number of primary sulfonamides is 1. The first kappa shape index (κ1) is 21.4. The number of nitrogens with two attached hydrogens (primary N) is 1. The molecule has 0 saturated carbocycles. The van der Waals surface area contributed by atoms with Crippen LogP contribution >= 0.6 is 0 Å². The molecule has 0 aliphatic heterocycles. The van der Waals surface area contributed by atoms with Crippen LogP contribution in [0.25, 0.3) is 0 Å². The first-order valence-electron chi connectivity index (χ1n) is 8.12. The summed E-state index contributed by atoms with van der Waals surface area (Å²) in [6, 6.07) is 10.9. The molecule has 0 spiro atoms. The number of nitrogens with one attached hydrogen (secondary N) is 1. The average molecular weight is 402 g/mol. The first-order valence-corrected chi connectivity index (χ1v) is 9.67. The number of methoxy groups -OCH3 is 1. The zero-order valence-corrected chi connectivity index (χ0v) is 15.5. The molecule has 2 aromatic rings. The summed E-state index contributed by atoms with van der Waals surface area (Å²) < 4.78 is 66.3. The number of halogens is 3. The Hall–Kier alpha value is -1.94. The van der Waals surface area contributed by atoms with Crippen molar-refractivity contribution in [1.29, 1.82) is 0 Å². The van der Waals surface area contributed by atoms with Crippen LogP contribution in [0.2, 0.25) is 0 Å². The SMILES string of the molecule is COCC(NCCc1ccc(S(N)(=O)=O)cc1)c1cccc(C(F)(F)F)c1. The molecule has 148 valence electrons. The van der Waals surface area contributed by atoms with E-state index in [0.29, 0.717) is 18.5 Å². The lowest BCUT2D eigenvalue weighted by Gasteiger charge is -2.20. The van der Waals surface area contributed by atoms with Crippen LogP contribution in [0.3, 0.4) is 0 Å². The molecule has 0 bridgehead atoms. The molecule has 3 N–H and O–H groups in total. The summed E-state index contributed by atoms with van der Waals surface area (Å²) in [6.45, 7) is 0.685. The highest BCUT2D eigenvalue weighted by Crippen LogP contribution is 2.30. The second-order valence-corrected chi connectivity index (χ2v) is 7.59. The topological polar surface area (TPSA) is 81.4 Å². The maximum absolute atomic E-state index is 12.9. The van der Waals surface area contributed by atoms with Gasteiger partial charge >= 0.3 is 6.18 Å². The Labute approximate surface area is 156 Å². The molecule has 0 aromatic heterocycles. The van der Waals surface area contributed by atoms with E-state index in [1.165, 1.54) is 25.3 Å². The Morgan fingerprint density at radius 3 is 2.37 bits per heavy atom. The molecule has 27 heavy (non-hydrogen) atoms. The minimum atomic E-state index is -4.40. The number of hydrogen-bond donors (Lipinski definition) is 2. The van der Waals surface area contributed by atoms with Gasteiger partial charge in [-0.25, -0.2) is 13.6 Å². The van der Waals surface area contributed by atoms with Crippen molar-refractivity contribution in [3.63, 3.8) is 0 Å². The Bertz CT molecular complexity index is 853. The van der Waals surface area contributed by atoms with Crippen molar-refractivity contribution in [2.75, 3.05) is 20.3 Å². The minimum absolute atomic E-state index is 0.0282. The van der Waals surface area contributed by atoms with Gasteiger partial charge in [0.1, 0.15) is 0 Å². The molecule has 2 rings (SSSR count). The molecular formula is C18H21F3N2O3S. The third-order valence-electron chi connectivity index (χ3n) is 4.01. The fraction of sp³-hybridized carbons (Fsp3) is 0.333. The standard InChI is InChI=1S/C18H21F3N2O3S/c1-26-12-17(14-3-2-4-15(11-14)18(19,20)21)23-10-9-13-5-7-16(8-6-13)27(22,24)25/h2-8,11,17,23H,9-10,12H2,1H3,(H2,22,24,25). The number of benzene rings is 2. The number of sulfonamides is 1. The summed E-state index contributed by atoms with van der Waals surface area (Å²) in [5.41, 5.74) is 0.646. The summed E-state index contributed by atoms with van der Waals surface area (Å²) in [6.07, 6.45) is -3.84. The molecule has 0 aliphatic rings. The van der Waals surface area contributed by atoms with Gasteiger partial charge in [-0.2, -0.15) is 13.2 Å². The van der Waals surface area contributed by atoms with E-state index in [1.807, 2.05) is 0 Å². The quantitative estimate of drug-likeness (QED) is 0.712. The van der Waals surface area contributed by atoms with Crippen LogP contribution in [0.15, 0.2) is 53.4 Å². The highest BCUT2D eigenvalue weighted by Gasteiger charge is 2.30. The minimum Gasteiger partial charge on any atom is -0.383 e. The summed E-state index contributed by atoms with van der Waals surface area (Å²) >= 11 is 0. The predicted molar refractivity (Wildman–Crippen MR) is 95.6 cm³/mol. The second kappa shape index (κ2) is 8.83. The van der Waals surface area contributed by atoms with Crippen LogP contribution in [0, 0.1) is 0 Å². The molecule has 0 radical (unpaired) electrons. The summed E-state index contributed by atoms with van der Waals surface area (Å²) in [4.78, 5) is 0.0282. The first-order chi connectivity index (χ1) is 12.6. The van der Waals surface area contributed by atoms with E-state index in [0.717, 1.165) is 17.7 Å². The summed E-state index contributed by atoms with van der Waals surface area (Å²) in [7, 11) is -2.26. The van der Waals surface area contributed by atoms with Gasteiger partial charge in [0.15, 0.2) is 0 Å². The molecule has 0 aliphatic carbocycles. The number of rotatable bonds is 8. The van der Waals surface area contributed by atoms with Gasteiger partial charge in [-0.1, -0.05) is 24.3 Å². The lowest BCUT2D eigenvalue weighted by Crippen LogP contribution is -2.27. The van der Waals surface area contributed by atoms with E-state index >= 15 is 0 Å². The highest BCUT2D eigenvalue weighted by molar-refractivity contribution is 7.89. The van der Waals surface area contributed by atoms with Gasteiger partial charge in [0.05, 0.1) is 23.1 Å². The number of hydrogen-bond acceptors (Lipinski definition) is 4. The lowest BCUT2D eigenvalue weighted by molar-refractivity contribution is -0.137. The normalized spacial score (nSPS) is 13.5. The second-order valence-electron chi connectivity index (χ2n) is 6.02. The molecule has 1 unspecified atom stereocenters. The van der Waals surface area contributed by atoms with Crippen LogP contribution in [0.4, 0.5) is 13.2 Å². The van der Waals surface area contributed by atoms with E-state index < -0.39 is 27.8 Å². The van der Waals surface area contributed by atoms with Crippen LogP contribution in [-0.4, -0.2) is 28.7 Å². The van der Waals surface area contributed by atoms with Gasteiger partial charge in [0, 0.05) is 7.11 Å². The lowest BCUT2D eigenvalue weighted by atomic mass is 10.0. The van der Waals surface area contributed by atoms with Crippen molar-refractivity contribution in [1.82, 2.24) is 5.32 Å². The van der Waals surface area contributed by atoms with Gasteiger partial charge in [-0.15, -0.1) is 0 Å². The van der Waals surface area contributed by atoms with Crippen molar-refractivity contribution >= 4 is 10.0 Å². The van der Waals surface area contributed by atoms with E-state index in [-0.39, 0.29) is 11.5 Å². The molecule has 0 heterocycles. The van der Waals surface area contributed by atoms with Gasteiger partial charge in [-0.3, -0.25) is 0 Å². The number of ether oxygens (including phenoxy) is 1. The smallest absolute Gasteiger partial charge is 0.383 e. The van der Waals surface area contributed by atoms with Crippen molar-refractivity contribution in [3.8, 4) is 0 Å². The molecule has 0 amide bonds. The van der Waals surface area contributed by atoms with Gasteiger partial charge in [-0.05, 0) is 48.4 Å². The zero-order valence-electron chi connectivity index (χ0n) is 14.7. The van der Waals surface area contributed by atoms with Crippen LogP contribution in [0.5, 0.6) is 0 Å². The van der Waals surface area contributed by atoms with E-state index in [2.05, 4.69) is 5.32 Å². The van der Waals surface area contributed by atoms with Crippen molar-refractivity contribution < 1.29 is 26.3 Å². The van der Waals surface area contributed by atoms with Gasteiger partial charge < -0.3 is 10.1 Å². The maximum atomic E-state index is 12.9. The van der Waals surface area contributed by atoms with Crippen LogP contribution in [0.1, 0.15) is 22.7 Å². The average Bonchev–Trinajstić information content (AvgIpc) is 2.60. The fourth-order valence-electron chi connectivity index (χ4n) is 2.61. The molecule has 9 heteroatoms. The van der Waals surface area contributed by atoms with Gasteiger partial charge in [0.25, 0.3) is 0 Å². The Kier molecular flexibility index (Phi) is 6.99. The van der Waals surface area contributed by atoms with Crippen molar-refractivity contribution in [3.05, 3.63) is 65.2 Å². The highest BCUT2D eigenvalue weighted by atomic mass is 32.2. The predicted octanol–water partition coefficient (Wildman–Crippen LogP) is 2.87. The molecule has 5 nitrogen and oxygen atoms in total. The van der Waals surface area contributed by atoms with Gasteiger partial charge in [0.2, 0.25) is 10.0 Å². The third-order valence-corrected chi connectivity index (χ3v) is 4.94. The third kappa shape index (κ3) is 6.31. The van der Waals surface area contributed by atoms with Crippen LogP contribution < -0.4 is 10.5 Å². The Balaban J connectivity index is 2.03. The maximum Gasteiger partial charge on any atom is 0.416 e. The van der Waals surface area contributed by atoms with E-state index in [1.54, 1.807) is 18.2 Å². The van der Waals surface area contributed by atoms with E-state index in [9.17, 15) is 21.6 Å². The fourth-order valence-corrected chi connectivity index (χ4v) is 3.12. The molecule has 2 aromatic carbocycles. The monoisotopic (exact) mass is 402 g/mol. The number of alkyl halides is 3. The van der Waals surface area contributed by atoms with E-state index in [4.69, 9.17) is 9.88 Å². The van der Waals surface area contributed by atoms with Crippen molar-refractivity contribution in [2.24, 2.45) is 5.14 Å². The Morgan fingerprint density at radius 2 is 1.81 bits per heavy atom. The van der Waals surface area contributed by atoms with Crippen LogP contribution in [-0.2, 0) is 27.4 Å². The molecule has 1 atom stereocenters. The molecule has 0 saturated heterocycles. The summed E-state index contributed by atoms with van der Waals surface area (Å²) in [5, 5.41) is 8.23. The molecule has 0 fully saturated rings. The zero-order chi connectivity index (χ0) is 20.1. The molecular weight excluding hydrogens is 381 g/mol. The Morgan fingerprint density at radius 1 is 1.15 bits per heavy atom. The van der Waals surface area contributed by atoms with Crippen molar-refractivity contribution in [2.45, 2.75) is 23.5 Å².